The van der Waals surface area contributed by atoms with Gasteiger partial charge in [0.25, 0.3) is 11.8 Å². The van der Waals surface area contributed by atoms with E-state index in [-0.39, 0.29) is 45.8 Å². The van der Waals surface area contributed by atoms with Crippen molar-refractivity contribution in [1.29, 1.82) is 0 Å². The minimum atomic E-state index is 0. The fraction of sp³-hybridized carbons (Fsp3) is 0.714. The van der Waals surface area contributed by atoms with Gasteiger partial charge < -0.3 is 44.6 Å². The number of nitrogens with zero attached hydrogens (tertiary/aromatic N) is 2. The number of aryl methyl sites for hydroxylation is 2. The average molecular weight is 825 g/mol. The lowest BCUT2D eigenvalue weighted by molar-refractivity contribution is -0.697. The number of nitrogens with one attached hydrogen (secondary N) is 2. The molecule has 2 heterocycles. The van der Waals surface area contributed by atoms with Gasteiger partial charge in [0.2, 0.25) is 0 Å². The highest BCUT2D eigenvalue weighted by atomic mass is 79.9. The van der Waals surface area contributed by atoms with E-state index < -0.39 is 0 Å². The molecule has 2 rings (SSSR count). The third-order valence-corrected chi connectivity index (χ3v) is 9.52. The van der Waals surface area contributed by atoms with E-state index in [1.807, 2.05) is 49.1 Å². The summed E-state index contributed by atoms with van der Waals surface area (Å²) in [6.07, 6.45) is 39.0. The largest absolute Gasteiger partial charge is 1.00 e. The zero-order valence-electron chi connectivity index (χ0n) is 31.9. The molecular formula is C42H72Br2N4O2. The monoisotopic (exact) mass is 822 g/mol. The van der Waals surface area contributed by atoms with E-state index in [1.54, 1.807) is 0 Å². The van der Waals surface area contributed by atoms with Crippen LogP contribution in [0.4, 0.5) is 0 Å². The van der Waals surface area contributed by atoms with Crippen LogP contribution in [0.2, 0.25) is 0 Å². The van der Waals surface area contributed by atoms with Crippen LogP contribution in [0.25, 0.3) is 0 Å². The lowest BCUT2D eigenvalue weighted by Gasteiger charge is -2.07. The zero-order valence-corrected chi connectivity index (χ0v) is 35.1. The second kappa shape index (κ2) is 34.3. The second-order valence-electron chi connectivity index (χ2n) is 13.9. The van der Waals surface area contributed by atoms with Crippen LogP contribution in [0.1, 0.15) is 189 Å². The van der Waals surface area contributed by atoms with Crippen LogP contribution in [0, 0.1) is 0 Å². The number of carbonyl (C=O) groups is 2. The highest BCUT2D eigenvalue weighted by Gasteiger charge is 2.09. The van der Waals surface area contributed by atoms with Crippen LogP contribution in [0.5, 0.6) is 0 Å². The van der Waals surface area contributed by atoms with Crippen molar-refractivity contribution in [3.8, 4) is 0 Å². The fourth-order valence-electron chi connectivity index (χ4n) is 6.29. The van der Waals surface area contributed by atoms with Gasteiger partial charge in [-0.2, -0.15) is 0 Å². The lowest BCUT2D eigenvalue weighted by Crippen LogP contribution is -3.00. The van der Waals surface area contributed by atoms with Crippen LogP contribution in [-0.4, -0.2) is 24.9 Å². The van der Waals surface area contributed by atoms with Crippen molar-refractivity contribution in [2.75, 3.05) is 13.1 Å². The molecule has 2 N–H and O–H groups in total. The molecule has 0 atom stereocenters. The van der Waals surface area contributed by atoms with Gasteiger partial charge in [-0.25, -0.2) is 9.13 Å². The number of hydrogen-bond acceptors (Lipinski definition) is 2. The molecule has 0 aliphatic rings. The van der Waals surface area contributed by atoms with E-state index in [1.165, 1.54) is 128 Å². The molecule has 6 nitrogen and oxygen atoms in total. The molecule has 50 heavy (non-hydrogen) atoms. The molecule has 2 aromatic heterocycles. The Labute approximate surface area is 327 Å². The first kappa shape index (κ1) is 48.2. The van der Waals surface area contributed by atoms with E-state index in [2.05, 4.69) is 33.6 Å². The Morgan fingerprint density at radius 1 is 0.420 bits per heavy atom. The van der Waals surface area contributed by atoms with Gasteiger partial charge in [-0.15, -0.1) is 0 Å². The summed E-state index contributed by atoms with van der Waals surface area (Å²) in [5.74, 6) is 0.00191. The fourth-order valence-corrected chi connectivity index (χ4v) is 6.29. The van der Waals surface area contributed by atoms with Gasteiger partial charge >= 0.3 is 0 Å². The number of amides is 2. The number of pyridine rings is 2. The predicted molar refractivity (Wildman–Crippen MR) is 200 cm³/mol. The Balaban J connectivity index is 0.0000120. The summed E-state index contributed by atoms with van der Waals surface area (Å²) in [6.45, 7) is 7.94. The van der Waals surface area contributed by atoms with Crippen LogP contribution >= 0.6 is 0 Å². The standard InChI is InChI=1S/C42H70N4O2.2BrH/c1-3-5-7-9-11-13-15-17-21-25-33-45-35-27-39(28-36-45)41(47)43-31-23-19-20-24-32-44-42(48)40-29-37-46(38-30-40)34-26-22-18-16-14-12-10-8-6-4-2;;/h27-30,35-38H,3-26,31-34H2,1-2H3;2*1H. The molecule has 0 aromatic carbocycles. The molecular weight excluding hydrogens is 752 g/mol. The van der Waals surface area contributed by atoms with E-state index in [0.717, 1.165) is 49.9 Å². The highest BCUT2D eigenvalue weighted by Crippen LogP contribution is 2.12. The maximum atomic E-state index is 12.5. The summed E-state index contributed by atoms with van der Waals surface area (Å²) in [5, 5.41) is 6.11. The first-order chi connectivity index (χ1) is 23.6. The summed E-state index contributed by atoms with van der Waals surface area (Å²) in [6, 6.07) is 7.72. The molecule has 286 valence electrons. The number of aromatic nitrogens is 2. The van der Waals surface area contributed by atoms with Gasteiger partial charge in [-0.05, 0) is 25.7 Å². The van der Waals surface area contributed by atoms with E-state index in [0.29, 0.717) is 13.1 Å². The average Bonchev–Trinajstić information content (AvgIpc) is 3.11. The van der Waals surface area contributed by atoms with Crippen LogP contribution < -0.4 is 53.7 Å². The van der Waals surface area contributed by atoms with Crippen molar-refractivity contribution >= 4 is 11.8 Å². The van der Waals surface area contributed by atoms with Crippen molar-refractivity contribution in [2.24, 2.45) is 0 Å². The maximum Gasteiger partial charge on any atom is 0.251 e. The van der Waals surface area contributed by atoms with E-state index >= 15 is 0 Å². The van der Waals surface area contributed by atoms with Gasteiger partial charge in [0.15, 0.2) is 24.8 Å². The minimum Gasteiger partial charge on any atom is -1.00 e. The normalized spacial score (nSPS) is 10.7. The van der Waals surface area contributed by atoms with E-state index in [4.69, 9.17) is 0 Å². The minimum absolute atomic E-state index is 0. The maximum absolute atomic E-state index is 12.5. The summed E-state index contributed by atoms with van der Waals surface area (Å²) < 4.78 is 4.38. The zero-order chi connectivity index (χ0) is 34.3. The summed E-state index contributed by atoms with van der Waals surface area (Å²) >= 11 is 0. The molecule has 0 radical (unpaired) electrons. The molecule has 8 heteroatoms. The molecule has 0 saturated heterocycles. The lowest BCUT2D eigenvalue weighted by atomic mass is 10.1. The van der Waals surface area contributed by atoms with Crippen molar-refractivity contribution in [3.05, 3.63) is 60.2 Å². The number of rotatable bonds is 31. The smallest absolute Gasteiger partial charge is 0.251 e. The summed E-state index contributed by atoms with van der Waals surface area (Å²) in [4.78, 5) is 25.1. The molecule has 0 saturated carbocycles. The summed E-state index contributed by atoms with van der Waals surface area (Å²) in [5.41, 5.74) is 1.45. The Morgan fingerprint density at radius 2 is 0.680 bits per heavy atom. The molecule has 2 aromatic rings. The Bertz CT molecular complexity index is 981. The Morgan fingerprint density at radius 3 is 0.980 bits per heavy atom. The predicted octanol–water partition coefficient (Wildman–Crippen LogP) is 3.83. The number of carbonyl (C=O) groups excluding carboxylic acids is 2. The van der Waals surface area contributed by atoms with Gasteiger partial charge in [0, 0.05) is 50.2 Å². The second-order valence-corrected chi connectivity index (χ2v) is 13.9. The molecule has 0 fully saturated rings. The third-order valence-electron chi connectivity index (χ3n) is 9.52. The number of hydrogen-bond donors (Lipinski definition) is 2. The molecule has 0 spiro atoms. The molecule has 2 amide bonds. The number of halogens is 2. The van der Waals surface area contributed by atoms with Gasteiger partial charge in [0.1, 0.15) is 13.1 Å². The molecule has 0 aliphatic carbocycles. The van der Waals surface area contributed by atoms with Crippen LogP contribution in [-0.2, 0) is 13.1 Å². The Kier molecular flexibility index (Phi) is 33.1. The van der Waals surface area contributed by atoms with Crippen molar-refractivity contribution < 1.29 is 52.7 Å². The third kappa shape index (κ3) is 25.2. The SMILES string of the molecule is CCCCCCCCCCCC[n+]1ccc(C(=O)NCCCCCCNC(=O)c2cc[n+](CCCCCCCCCCCC)cc2)cc1.[Br-].[Br-]. The Hall–Kier alpha value is -1.80. The van der Waals surface area contributed by atoms with Gasteiger partial charge in [-0.1, -0.05) is 129 Å². The quantitative estimate of drug-likeness (QED) is 0.0899. The van der Waals surface area contributed by atoms with Gasteiger partial charge in [0.05, 0.1) is 11.1 Å². The molecule has 0 bridgehead atoms. The molecule has 0 unspecified atom stereocenters. The van der Waals surface area contributed by atoms with Crippen LogP contribution in [0.3, 0.4) is 0 Å². The van der Waals surface area contributed by atoms with Gasteiger partial charge in [-0.3, -0.25) is 9.59 Å². The van der Waals surface area contributed by atoms with Crippen molar-refractivity contribution in [3.63, 3.8) is 0 Å². The van der Waals surface area contributed by atoms with Crippen molar-refractivity contribution in [1.82, 2.24) is 10.6 Å². The highest BCUT2D eigenvalue weighted by molar-refractivity contribution is 5.94. The van der Waals surface area contributed by atoms with Crippen LogP contribution in [0.15, 0.2) is 49.1 Å². The first-order valence-corrected chi connectivity index (χ1v) is 20.2. The molecule has 0 aliphatic heterocycles. The number of unbranched alkanes of at least 4 members (excludes halogenated alkanes) is 21. The first-order valence-electron chi connectivity index (χ1n) is 20.2. The van der Waals surface area contributed by atoms with E-state index in [9.17, 15) is 9.59 Å². The summed E-state index contributed by atoms with van der Waals surface area (Å²) in [7, 11) is 0. The van der Waals surface area contributed by atoms with Crippen molar-refractivity contribution in [2.45, 2.75) is 181 Å². The topological polar surface area (TPSA) is 66.0 Å².